The minimum atomic E-state index is -4.51. The Morgan fingerprint density at radius 2 is 2.00 bits per heavy atom. The first-order valence-electron chi connectivity index (χ1n) is 7.59. The number of amides is 1. The van der Waals surface area contributed by atoms with Crippen LogP contribution < -0.4 is 10.6 Å². The molecule has 2 aromatic rings. The monoisotopic (exact) mass is 374 g/mol. The van der Waals surface area contributed by atoms with Crippen LogP contribution in [0.5, 0.6) is 0 Å². The van der Waals surface area contributed by atoms with Crippen molar-refractivity contribution < 1.29 is 18.0 Å². The quantitative estimate of drug-likeness (QED) is 0.883. The standard InChI is InChI=1S/C14H17F3N6OS/c1-9-6-10(14(15,16)17)20-23(9)7-12(24)21-2-4-22(5-3-21)13-19-11(18)8-25-13/h6,8H,2-5,7,18H2,1H3. The Morgan fingerprint density at radius 1 is 1.32 bits per heavy atom. The van der Waals surface area contributed by atoms with Crippen LogP contribution in [0.15, 0.2) is 11.4 Å². The average Bonchev–Trinajstić information content (AvgIpc) is 3.14. The van der Waals surface area contributed by atoms with Crippen LogP contribution >= 0.6 is 11.3 Å². The van der Waals surface area contributed by atoms with Gasteiger partial charge in [0, 0.05) is 37.3 Å². The zero-order chi connectivity index (χ0) is 18.2. The molecule has 1 aliphatic heterocycles. The molecule has 3 rings (SSSR count). The Bertz CT molecular complexity index is 763. The highest BCUT2D eigenvalue weighted by molar-refractivity contribution is 7.14. The topological polar surface area (TPSA) is 80.3 Å². The molecule has 11 heteroatoms. The van der Waals surface area contributed by atoms with Crippen molar-refractivity contribution in [2.45, 2.75) is 19.6 Å². The second kappa shape index (κ2) is 6.54. The van der Waals surface area contributed by atoms with Gasteiger partial charge in [0.1, 0.15) is 12.4 Å². The van der Waals surface area contributed by atoms with Crippen LogP contribution in [0.25, 0.3) is 0 Å². The summed E-state index contributed by atoms with van der Waals surface area (Å²) in [6.45, 7) is 3.46. The van der Waals surface area contributed by atoms with E-state index in [0.29, 0.717) is 37.7 Å². The van der Waals surface area contributed by atoms with Crippen LogP contribution in [0.4, 0.5) is 24.1 Å². The fraction of sp³-hybridized carbons (Fsp3) is 0.500. The third-order valence-electron chi connectivity index (χ3n) is 3.97. The van der Waals surface area contributed by atoms with Crippen LogP contribution in [0, 0.1) is 6.92 Å². The summed E-state index contributed by atoms with van der Waals surface area (Å²) in [6, 6.07) is 0.943. The SMILES string of the molecule is Cc1cc(C(F)(F)F)nn1CC(=O)N1CCN(c2nc(N)cs2)CC1. The number of hydrogen-bond acceptors (Lipinski definition) is 6. The van der Waals surface area contributed by atoms with Crippen molar-refractivity contribution in [3.8, 4) is 0 Å². The van der Waals surface area contributed by atoms with Crippen molar-refractivity contribution in [1.29, 1.82) is 0 Å². The number of halogens is 3. The molecular weight excluding hydrogens is 357 g/mol. The van der Waals surface area contributed by atoms with Crippen molar-refractivity contribution in [1.82, 2.24) is 19.7 Å². The van der Waals surface area contributed by atoms with Crippen molar-refractivity contribution in [3.63, 3.8) is 0 Å². The molecule has 136 valence electrons. The normalized spacial score (nSPS) is 15.7. The van der Waals surface area contributed by atoms with E-state index in [2.05, 4.69) is 10.1 Å². The smallest absolute Gasteiger partial charge is 0.383 e. The molecule has 0 atom stereocenters. The van der Waals surface area contributed by atoms with Crippen molar-refractivity contribution in [2.24, 2.45) is 0 Å². The fourth-order valence-corrected chi connectivity index (χ4v) is 3.37. The molecule has 2 aromatic heterocycles. The summed E-state index contributed by atoms with van der Waals surface area (Å²) >= 11 is 1.44. The number of nitrogens with two attached hydrogens (primary N) is 1. The highest BCUT2D eigenvalue weighted by Gasteiger charge is 2.34. The van der Waals surface area contributed by atoms with Gasteiger partial charge in [0.15, 0.2) is 10.8 Å². The van der Waals surface area contributed by atoms with Crippen molar-refractivity contribution in [3.05, 3.63) is 22.8 Å². The number of carbonyl (C=O) groups is 1. The highest BCUT2D eigenvalue weighted by Crippen LogP contribution is 2.28. The van der Waals surface area contributed by atoms with E-state index in [9.17, 15) is 18.0 Å². The number of aromatic nitrogens is 3. The summed E-state index contributed by atoms with van der Waals surface area (Å²) in [5.74, 6) is 0.214. The number of thiazole rings is 1. The van der Waals surface area contributed by atoms with Crippen molar-refractivity contribution >= 4 is 28.2 Å². The molecule has 7 nitrogen and oxygen atoms in total. The predicted molar refractivity (Wildman–Crippen MR) is 87.3 cm³/mol. The lowest BCUT2D eigenvalue weighted by atomic mass is 10.3. The van der Waals surface area contributed by atoms with Gasteiger partial charge in [-0.15, -0.1) is 11.3 Å². The lowest BCUT2D eigenvalue weighted by Gasteiger charge is -2.34. The lowest BCUT2D eigenvalue weighted by Crippen LogP contribution is -2.49. The number of anilines is 2. The molecular formula is C14H17F3N6OS. The number of rotatable bonds is 3. The molecule has 0 spiro atoms. The highest BCUT2D eigenvalue weighted by atomic mass is 32.1. The molecule has 1 amide bonds. The summed E-state index contributed by atoms with van der Waals surface area (Å²) in [6.07, 6.45) is -4.51. The third-order valence-corrected chi connectivity index (χ3v) is 4.89. The Kier molecular flexibility index (Phi) is 4.58. The lowest BCUT2D eigenvalue weighted by molar-refractivity contribution is -0.142. The first-order valence-corrected chi connectivity index (χ1v) is 8.47. The molecule has 25 heavy (non-hydrogen) atoms. The van der Waals surface area contributed by atoms with E-state index in [0.717, 1.165) is 15.9 Å². The zero-order valence-electron chi connectivity index (χ0n) is 13.5. The number of nitrogen functional groups attached to an aromatic ring is 1. The number of carbonyl (C=O) groups excluding carboxylic acids is 1. The molecule has 1 aliphatic rings. The molecule has 0 aromatic carbocycles. The van der Waals surface area contributed by atoms with Gasteiger partial charge in [-0.3, -0.25) is 9.48 Å². The Morgan fingerprint density at radius 3 is 2.52 bits per heavy atom. The molecule has 1 fully saturated rings. The van der Waals surface area contributed by atoms with E-state index >= 15 is 0 Å². The number of hydrogen-bond donors (Lipinski definition) is 1. The Hall–Kier alpha value is -2.30. The van der Waals surface area contributed by atoms with Gasteiger partial charge in [0.25, 0.3) is 0 Å². The van der Waals surface area contributed by atoms with Gasteiger partial charge in [-0.05, 0) is 13.0 Å². The van der Waals surface area contributed by atoms with E-state index in [1.54, 1.807) is 10.3 Å². The summed E-state index contributed by atoms with van der Waals surface area (Å²) in [5, 5.41) is 6.06. The number of nitrogens with zero attached hydrogens (tertiary/aromatic N) is 5. The van der Waals surface area contributed by atoms with Crippen LogP contribution in [0.1, 0.15) is 11.4 Å². The first kappa shape index (κ1) is 17.5. The third kappa shape index (κ3) is 3.86. The van der Waals surface area contributed by atoms with Gasteiger partial charge in [0.05, 0.1) is 0 Å². The maximum absolute atomic E-state index is 12.7. The van der Waals surface area contributed by atoms with Gasteiger partial charge in [-0.25, -0.2) is 4.98 Å². The summed E-state index contributed by atoms with van der Waals surface area (Å²) in [5.41, 5.74) is 4.93. The molecule has 0 saturated carbocycles. The maximum atomic E-state index is 12.7. The number of aryl methyl sites for hydroxylation is 1. The van der Waals surface area contributed by atoms with E-state index in [4.69, 9.17) is 5.73 Å². The van der Waals surface area contributed by atoms with Gasteiger partial charge in [-0.1, -0.05) is 0 Å². The average molecular weight is 374 g/mol. The molecule has 1 saturated heterocycles. The van der Waals surface area contributed by atoms with Gasteiger partial charge in [0.2, 0.25) is 5.91 Å². The van der Waals surface area contributed by atoms with Gasteiger partial charge in [-0.2, -0.15) is 18.3 Å². The molecule has 2 N–H and O–H groups in total. The van der Waals surface area contributed by atoms with Gasteiger partial charge >= 0.3 is 6.18 Å². The minimum absolute atomic E-state index is 0.202. The summed E-state index contributed by atoms with van der Waals surface area (Å²) < 4.78 is 39.2. The van der Waals surface area contributed by atoms with Crippen LogP contribution in [0.2, 0.25) is 0 Å². The molecule has 0 radical (unpaired) electrons. The predicted octanol–water partition coefficient (Wildman–Crippen LogP) is 1.60. The van der Waals surface area contributed by atoms with Crippen molar-refractivity contribution in [2.75, 3.05) is 36.8 Å². The van der Waals surface area contributed by atoms with E-state index in [-0.39, 0.29) is 12.5 Å². The largest absolute Gasteiger partial charge is 0.435 e. The molecule has 3 heterocycles. The van der Waals surface area contributed by atoms with Gasteiger partial charge < -0.3 is 15.5 Å². The Labute approximate surface area is 145 Å². The van der Waals surface area contributed by atoms with E-state index in [1.807, 2.05) is 4.90 Å². The summed E-state index contributed by atoms with van der Waals surface area (Å²) in [4.78, 5) is 20.2. The minimum Gasteiger partial charge on any atom is -0.383 e. The number of piperazine rings is 1. The first-order chi connectivity index (χ1) is 11.7. The zero-order valence-corrected chi connectivity index (χ0v) is 14.3. The second-order valence-electron chi connectivity index (χ2n) is 5.75. The fourth-order valence-electron chi connectivity index (χ4n) is 2.61. The maximum Gasteiger partial charge on any atom is 0.435 e. The van der Waals surface area contributed by atoms with Crippen LogP contribution in [0.3, 0.4) is 0 Å². The molecule has 0 aliphatic carbocycles. The van der Waals surface area contributed by atoms with Crippen LogP contribution in [-0.2, 0) is 17.5 Å². The van der Waals surface area contributed by atoms with Crippen LogP contribution in [-0.4, -0.2) is 51.8 Å². The number of alkyl halides is 3. The van der Waals surface area contributed by atoms with E-state index < -0.39 is 11.9 Å². The summed E-state index contributed by atoms with van der Waals surface area (Å²) in [7, 11) is 0. The molecule has 0 unspecified atom stereocenters. The second-order valence-corrected chi connectivity index (χ2v) is 6.59. The molecule has 0 bridgehead atoms. The van der Waals surface area contributed by atoms with E-state index in [1.165, 1.54) is 18.3 Å². The Balaban J connectivity index is 1.59.